The molecule has 0 saturated carbocycles. The SMILES string of the molecule is O=C(CCC1CCCO1)N1CCC(OCCBr)CC1. The average Bonchev–Trinajstić information content (AvgIpc) is 2.96. The summed E-state index contributed by atoms with van der Waals surface area (Å²) >= 11 is 3.36. The van der Waals surface area contributed by atoms with Gasteiger partial charge < -0.3 is 14.4 Å². The molecule has 2 heterocycles. The number of halogens is 1. The van der Waals surface area contributed by atoms with Crippen LogP contribution in [0.4, 0.5) is 0 Å². The normalized spacial score (nSPS) is 24.9. The van der Waals surface area contributed by atoms with E-state index in [0.29, 0.717) is 18.6 Å². The van der Waals surface area contributed by atoms with Gasteiger partial charge in [-0.3, -0.25) is 4.79 Å². The van der Waals surface area contributed by atoms with Crippen LogP contribution < -0.4 is 0 Å². The highest BCUT2D eigenvalue weighted by molar-refractivity contribution is 9.09. The monoisotopic (exact) mass is 333 g/mol. The summed E-state index contributed by atoms with van der Waals surface area (Å²) in [5.41, 5.74) is 0. The van der Waals surface area contributed by atoms with E-state index in [0.717, 1.165) is 63.7 Å². The lowest BCUT2D eigenvalue weighted by Gasteiger charge is -2.32. The lowest BCUT2D eigenvalue weighted by atomic mass is 10.1. The average molecular weight is 334 g/mol. The molecule has 0 aliphatic carbocycles. The van der Waals surface area contributed by atoms with Crippen LogP contribution in [0.15, 0.2) is 0 Å². The Morgan fingerprint density at radius 2 is 2.11 bits per heavy atom. The van der Waals surface area contributed by atoms with E-state index in [-0.39, 0.29) is 5.91 Å². The predicted molar refractivity (Wildman–Crippen MR) is 77.6 cm³/mol. The van der Waals surface area contributed by atoms with Gasteiger partial charge >= 0.3 is 0 Å². The van der Waals surface area contributed by atoms with E-state index in [9.17, 15) is 4.79 Å². The summed E-state index contributed by atoms with van der Waals surface area (Å²) in [6.45, 7) is 3.32. The zero-order chi connectivity index (χ0) is 13.5. The third kappa shape index (κ3) is 5.04. The Hall–Kier alpha value is -0.130. The molecule has 1 amide bonds. The smallest absolute Gasteiger partial charge is 0.222 e. The Morgan fingerprint density at radius 1 is 1.32 bits per heavy atom. The van der Waals surface area contributed by atoms with Gasteiger partial charge in [-0.2, -0.15) is 0 Å². The molecule has 0 N–H and O–H groups in total. The van der Waals surface area contributed by atoms with E-state index in [1.54, 1.807) is 0 Å². The molecule has 2 rings (SSSR count). The molecule has 4 nitrogen and oxygen atoms in total. The van der Waals surface area contributed by atoms with E-state index < -0.39 is 0 Å². The summed E-state index contributed by atoms with van der Waals surface area (Å²) in [6, 6.07) is 0. The van der Waals surface area contributed by atoms with Gasteiger partial charge in [0.2, 0.25) is 5.91 Å². The first kappa shape index (κ1) is 15.3. The summed E-state index contributed by atoms with van der Waals surface area (Å²) in [6.07, 6.45) is 6.39. The number of carbonyl (C=O) groups excluding carboxylic acids is 1. The lowest BCUT2D eigenvalue weighted by molar-refractivity contribution is -0.134. The van der Waals surface area contributed by atoms with Crippen LogP contribution in [0.25, 0.3) is 0 Å². The van der Waals surface area contributed by atoms with Gasteiger partial charge in [0.1, 0.15) is 0 Å². The predicted octanol–water partition coefficient (Wildman–Crippen LogP) is 2.35. The number of hydrogen-bond donors (Lipinski definition) is 0. The number of hydrogen-bond acceptors (Lipinski definition) is 3. The first-order valence-corrected chi connectivity index (χ1v) is 8.48. The highest BCUT2D eigenvalue weighted by Crippen LogP contribution is 2.19. The molecule has 2 aliphatic heterocycles. The van der Waals surface area contributed by atoms with Crippen LogP contribution in [0.2, 0.25) is 0 Å². The molecule has 1 atom stereocenters. The van der Waals surface area contributed by atoms with Crippen LogP contribution >= 0.6 is 15.9 Å². The topological polar surface area (TPSA) is 38.8 Å². The maximum absolute atomic E-state index is 12.1. The Balaban J connectivity index is 1.61. The van der Waals surface area contributed by atoms with Gasteiger partial charge in [-0.05, 0) is 32.1 Å². The van der Waals surface area contributed by atoms with Gasteiger partial charge in [-0.25, -0.2) is 0 Å². The first-order valence-electron chi connectivity index (χ1n) is 7.36. The van der Waals surface area contributed by atoms with Crippen molar-refractivity contribution in [1.29, 1.82) is 0 Å². The van der Waals surface area contributed by atoms with Gasteiger partial charge in [-0.1, -0.05) is 15.9 Å². The van der Waals surface area contributed by atoms with Crippen LogP contribution in [-0.2, 0) is 14.3 Å². The molecule has 19 heavy (non-hydrogen) atoms. The molecule has 0 aromatic carbocycles. The quantitative estimate of drug-likeness (QED) is 0.700. The van der Waals surface area contributed by atoms with E-state index in [4.69, 9.17) is 9.47 Å². The Morgan fingerprint density at radius 3 is 2.74 bits per heavy atom. The van der Waals surface area contributed by atoms with Crippen molar-refractivity contribution in [3.05, 3.63) is 0 Å². The molecule has 2 saturated heterocycles. The van der Waals surface area contributed by atoms with Gasteiger partial charge in [0.05, 0.1) is 18.8 Å². The van der Waals surface area contributed by atoms with Gasteiger partial charge in [0, 0.05) is 31.4 Å². The highest BCUT2D eigenvalue weighted by Gasteiger charge is 2.24. The number of alkyl halides is 1. The number of carbonyl (C=O) groups is 1. The molecule has 2 fully saturated rings. The minimum atomic E-state index is 0.287. The molecule has 0 aromatic rings. The standard InChI is InChI=1S/C14H24BrNO3/c15-7-11-19-13-5-8-16(9-6-13)14(17)4-3-12-2-1-10-18-12/h12-13H,1-11H2. The molecule has 0 spiro atoms. The van der Waals surface area contributed by atoms with Gasteiger partial charge in [-0.15, -0.1) is 0 Å². The van der Waals surface area contributed by atoms with Crippen molar-refractivity contribution >= 4 is 21.8 Å². The minimum absolute atomic E-state index is 0.287. The lowest BCUT2D eigenvalue weighted by Crippen LogP contribution is -2.41. The fourth-order valence-electron chi connectivity index (χ4n) is 2.80. The minimum Gasteiger partial charge on any atom is -0.378 e. The van der Waals surface area contributed by atoms with Crippen LogP contribution in [0.5, 0.6) is 0 Å². The summed E-state index contributed by atoms with van der Waals surface area (Å²) < 4.78 is 11.3. The number of ether oxygens (including phenoxy) is 2. The summed E-state index contributed by atoms with van der Waals surface area (Å²) in [7, 11) is 0. The second-order valence-electron chi connectivity index (χ2n) is 5.31. The number of amides is 1. The number of rotatable bonds is 6. The fraction of sp³-hybridized carbons (Fsp3) is 0.929. The van der Waals surface area contributed by atoms with E-state index in [1.165, 1.54) is 0 Å². The van der Waals surface area contributed by atoms with Crippen molar-refractivity contribution in [1.82, 2.24) is 4.90 Å². The summed E-state index contributed by atoms with van der Waals surface area (Å²) in [4.78, 5) is 14.1. The Kier molecular flexibility index (Phi) is 6.61. The van der Waals surface area contributed by atoms with E-state index in [2.05, 4.69) is 15.9 Å². The second kappa shape index (κ2) is 8.22. The maximum atomic E-state index is 12.1. The molecule has 2 aliphatic rings. The Bertz CT molecular complexity index is 274. The van der Waals surface area contributed by atoms with Crippen molar-refractivity contribution in [2.24, 2.45) is 0 Å². The van der Waals surface area contributed by atoms with Crippen LogP contribution in [-0.4, -0.2) is 54.6 Å². The van der Waals surface area contributed by atoms with Crippen LogP contribution in [0.1, 0.15) is 38.5 Å². The molecule has 0 radical (unpaired) electrons. The van der Waals surface area contributed by atoms with Crippen molar-refractivity contribution in [2.75, 3.05) is 31.6 Å². The van der Waals surface area contributed by atoms with Crippen molar-refractivity contribution in [2.45, 2.75) is 50.7 Å². The summed E-state index contributed by atoms with van der Waals surface area (Å²) in [5.74, 6) is 0.287. The van der Waals surface area contributed by atoms with Gasteiger partial charge in [0.15, 0.2) is 0 Å². The van der Waals surface area contributed by atoms with Crippen molar-refractivity contribution in [3.63, 3.8) is 0 Å². The van der Waals surface area contributed by atoms with Crippen molar-refractivity contribution < 1.29 is 14.3 Å². The number of piperidine rings is 1. The molecule has 5 heteroatoms. The zero-order valence-corrected chi connectivity index (χ0v) is 13.1. The highest BCUT2D eigenvalue weighted by atomic mass is 79.9. The number of likely N-dealkylation sites (tertiary alicyclic amines) is 1. The maximum Gasteiger partial charge on any atom is 0.222 e. The van der Waals surface area contributed by atoms with Gasteiger partial charge in [0.25, 0.3) is 0 Å². The first-order chi connectivity index (χ1) is 9.29. The number of nitrogens with zero attached hydrogens (tertiary/aromatic N) is 1. The third-order valence-electron chi connectivity index (χ3n) is 3.93. The van der Waals surface area contributed by atoms with E-state index in [1.807, 2.05) is 4.90 Å². The second-order valence-corrected chi connectivity index (χ2v) is 6.11. The molecule has 1 unspecified atom stereocenters. The molecular weight excluding hydrogens is 310 g/mol. The molecular formula is C14H24BrNO3. The van der Waals surface area contributed by atoms with E-state index >= 15 is 0 Å². The Labute approximate surface area is 123 Å². The van der Waals surface area contributed by atoms with Crippen molar-refractivity contribution in [3.8, 4) is 0 Å². The van der Waals surface area contributed by atoms with Crippen LogP contribution in [0, 0.1) is 0 Å². The zero-order valence-electron chi connectivity index (χ0n) is 11.5. The largest absolute Gasteiger partial charge is 0.378 e. The van der Waals surface area contributed by atoms with Crippen LogP contribution in [0.3, 0.4) is 0 Å². The third-order valence-corrected chi connectivity index (χ3v) is 4.25. The fourth-order valence-corrected chi connectivity index (χ4v) is 2.98. The summed E-state index contributed by atoms with van der Waals surface area (Å²) in [5, 5.41) is 0.882. The molecule has 0 aromatic heterocycles. The molecule has 0 bridgehead atoms. The molecule has 110 valence electrons.